The van der Waals surface area contributed by atoms with Gasteiger partial charge in [0.15, 0.2) is 0 Å². The molecule has 0 radical (unpaired) electrons. The number of hydrogen-bond acceptors (Lipinski definition) is 3. The number of halogens is 3. The molecule has 0 aromatic heterocycles. The molecule has 6 heteroatoms. The summed E-state index contributed by atoms with van der Waals surface area (Å²) in [6.45, 7) is 0. The number of alkyl halides is 3. The van der Waals surface area contributed by atoms with Crippen molar-refractivity contribution in [3.8, 4) is 5.75 Å². The van der Waals surface area contributed by atoms with Gasteiger partial charge in [0.25, 0.3) is 0 Å². The summed E-state index contributed by atoms with van der Waals surface area (Å²) in [7, 11) is 0. The minimum atomic E-state index is -4.51. The van der Waals surface area contributed by atoms with Crippen LogP contribution in [0.3, 0.4) is 0 Å². The maximum absolute atomic E-state index is 12.5. The lowest BCUT2D eigenvalue weighted by Crippen LogP contribution is -2.19. The van der Waals surface area contributed by atoms with Crippen LogP contribution < -0.4 is 0 Å². The van der Waals surface area contributed by atoms with E-state index in [0.29, 0.717) is 18.9 Å². The predicted molar refractivity (Wildman–Crippen MR) is 61.4 cm³/mol. The van der Waals surface area contributed by atoms with E-state index in [4.69, 9.17) is 0 Å². The third-order valence-corrected chi connectivity index (χ3v) is 3.52. The molecular weight excluding hydrogens is 259 g/mol. The molecule has 1 N–H and O–H groups in total. The SMILES string of the molecule is O=C=NC1(c2ccc(C(F)(F)F)cc2O)CCCC1. The van der Waals surface area contributed by atoms with E-state index in [0.717, 1.165) is 18.9 Å². The third kappa shape index (κ3) is 2.49. The van der Waals surface area contributed by atoms with Gasteiger partial charge in [-0.15, -0.1) is 0 Å². The number of phenolic OH excluding ortho intramolecular Hbond substituents is 1. The van der Waals surface area contributed by atoms with Gasteiger partial charge in [-0.3, -0.25) is 0 Å². The Labute approximate surface area is 107 Å². The van der Waals surface area contributed by atoms with Gasteiger partial charge in [-0.25, -0.2) is 4.79 Å². The molecule has 0 aliphatic heterocycles. The molecule has 0 amide bonds. The van der Waals surface area contributed by atoms with Crippen LogP contribution in [-0.4, -0.2) is 11.2 Å². The summed E-state index contributed by atoms with van der Waals surface area (Å²) >= 11 is 0. The van der Waals surface area contributed by atoms with Gasteiger partial charge in [0, 0.05) is 5.56 Å². The van der Waals surface area contributed by atoms with Crippen LogP contribution in [0.1, 0.15) is 36.8 Å². The van der Waals surface area contributed by atoms with Crippen molar-refractivity contribution in [3.05, 3.63) is 29.3 Å². The quantitative estimate of drug-likeness (QED) is 0.661. The van der Waals surface area contributed by atoms with E-state index < -0.39 is 23.0 Å². The van der Waals surface area contributed by atoms with E-state index >= 15 is 0 Å². The van der Waals surface area contributed by atoms with E-state index in [1.54, 1.807) is 0 Å². The minimum Gasteiger partial charge on any atom is -0.508 e. The van der Waals surface area contributed by atoms with Gasteiger partial charge in [0.05, 0.1) is 5.56 Å². The first-order valence-electron chi connectivity index (χ1n) is 5.89. The molecule has 2 rings (SSSR count). The maximum Gasteiger partial charge on any atom is 0.416 e. The molecule has 19 heavy (non-hydrogen) atoms. The summed E-state index contributed by atoms with van der Waals surface area (Å²) in [4.78, 5) is 14.3. The van der Waals surface area contributed by atoms with Gasteiger partial charge in [0.2, 0.25) is 6.08 Å². The molecule has 0 bridgehead atoms. The Kier molecular flexibility index (Phi) is 3.37. The summed E-state index contributed by atoms with van der Waals surface area (Å²) in [6.07, 6.45) is -0.364. The standard InChI is InChI=1S/C13H12F3NO2/c14-13(15,16)9-3-4-10(11(19)7-9)12(17-8-18)5-1-2-6-12/h3-4,7,19H,1-2,5-6H2. The molecule has 1 saturated carbocycles. The zero-order chi connectivity index (χ0) is 14.1. The number of carbonyl (C=O) groups excluding carboxylic acids is 1. The van der Waals surface area contributed by atoms with Gasteiger partial charge in [-0.2, -0.15) is 18.2 Å². The summed E-state index contributed by atoms with van der Waals surface area (Å²) in [5, 5.41) is 9.82. The van der Waals surface area contributed by atoms with Crippen LogP contribution in [0.25, 0.3) is 0 Å². The second kappa shape index (κ2) is 4.70. The molecular formula is C13H12F3NO2. The van der Waals surface area contributed by atoms with Crippen molar-refractivity contribution in [2.75, 3.05) is 0 Å². The summed E-state index contributed by atoms with van der Waals surface area (Å²) < 4.78 is 37.6. The molecule has 0 heterocycles. The number of benzene rings is 1. The van der Waals surface area contributed by atoms with E-state index in [1.807, 2.05) is 0 Å². The Bertz CT molecular complexity index is 527. The summed E-state index contributed by atoms with van der Waals surface area (Å²) in [5.74, 6) is -0.476. The molecule has 1 fully saturated rings. The molecule has 0 unspecified atom stereocenters. The average Bonchev–Trinajstić information content (AvgIpc) is 2.77. The van der Waals surface area contributed by atoms with Crippen molar-refractivity contribution < 1.29 is 23.1 Å². The number of aromatic hydroxyl groups is 1. The lowest BCUT2D eigenvalue weighted by molar-refractivity contribution is -0.137. The first kappa shape index (κ1) is 13.6. The molecule has 1 aliphatic rings. The van der Waals surface area contributed by atoms with Crippen LogP contribution in [0.15, 0.2) is 23.2 Å². The van der Waals surface area contributed by atoms with Crippen molar-refractivity contribution in [2.24, 2.45) is 4.99 Å². The Morgan fingerprint density at radius 3 is 2.37 bits per heavy atom. The number of isocyanates is 1. The second-order valence-corrected chi connectivity index (χ2v) is 4.67. The van der Waals surface area contributed by atoms with Crippen molar-refractivity contribution >= 4 is 6.08 Å². The van der Waals surface area contributed by atoms with Crippen LogP contribution >= 0.6 is 0 Å². The highest BCUT2D eigenvalue weighted by molar-refractivity contribution is 5.46. The maximum atomic E-state index is 12.5. The summed E-state index contributed by atoms with van der Waals surface area (Å²) in [5.41, 5.74) is -1.57. The van der Waals surface area contributed by atoms with E-state index in [9.17, 15) is 23.1 Å². The van der Waals surface area contributed by atoms with E-state index in [-0.39, 0.29) is 5.56 Å². The van der Waals surface area contributed by atoms with Gasteiger partial charge in [0.1, 0.15) is 11.3 Å². The van der Waals surface area contributed by atoms with Crippen LogP contribution in [0.4, 0.5) is 13.2 Å². The Morgan fingerprint density at radius 1 is 1.26 bits per heavy atom. The average molecular weight is 271 g/mol. The lowest BCUT2D eigenvalue weighted by atomic mass is 9.87. The number of rotatable bonds is 2. The molecule has 0 saturated heterocycles. The fourth-order valence-electron chi connectivity index (χ4n) is 2.59. The normalized spacial score (nSPS) is 18.1. The third-order valence-electron chi connectivity index (χ3n) is 3.52. The monoisotopic (exact) mass is 271 g/mol. The van der Waals surface area contributed by atoms with Crippen LogP contribution in [-0.2, 0) is 16.5 Å². The Hall–Kier alpha value is -1.81. The molecule has 3 nitrogen and oxygen atoms in total. The fourth-order valence-corrected chi connectivity index (χ4v) is 2.59. The van der Waals surface area contributed by atoms with Crippen molar-refractivity contribution in [1.29, 1.82) is 0 Å². The topological polar surface area (TPSA) is 49.7 Å². The highest BCUT2D eigenvalue weighted by atomic mass is 19.4. The van der Waals surface area contributed by atoms with Crippen LogP contribution in [0, 0.1) is 0 Å². The van der Waals surface area contributed by atoms with Gasteiger partial charge in [-0.05, 0) is 25.0 Å². The minimum absolute atomic E-state index is 0.265. The summed E-state index contributed by atoms with van der Waals surface area (Å²) in [6, 6.07) is 2.77. The van der Waals surface area contributed by atoms with Crippen molar-refractivity contribution in [3.63, 3.8) is 0 Å². The highest BCUT2D eigenvalue weighted by Gasteiger charge is 2.39. The smallest absolute Gasteiger partial charge is 0.416 e. The first-order chi connectivity index (χ1) is 8.89. The largest absolute Gasteiger partial charge is 0.508 e. The molecule has 102 valence electrons. The van der Waals surface area contributed by atoms with Crippen LogP contribution in [0.5, 0.6) is 5.75 Å². The molecule has 0 spiro atoms. The zero-order valence-corrected chi connectivity index (χ0v) is 10.00. The first-order valence-corrected chi connectivity index (χ1v) is 5.89. The lowest BCUT2D eigenvalue weighted by Gasteiger charge is -2.24. The van der Waals surface area contributed by atoms with Crippen molar-refractivity contribution in [1.82, 2.24) is 0 Å². The van der Waals surface area contributed by atoms with Crippen LogP contribution in [0.2, 0.25) is 0 Å². The number of nitrogens with zero attached hydrogens (tertiary/aromatic N) is 1. The Balaban J connectivity index is 2.48. The highest BCUT2D eigenvalue weighted by Crippen LogP contribution is 2.46. The molecule has 1 aromatic carbocycles. The van der Waals surface area contributed by atoms with E-state index in [1.165, 1.54) is 12.1 Å². The van der Waals surface area contributed by atoms with Crippen molar-refractivity contribution in [2.45, 2.75) is 37.4 Å². The van der Waals surface area contributed by atoms with E-state index in [2.05, 4.69) is 4.99 Å². The zero-order valence-electron chi connectivity index (χ0n) is 10.00. The molecule has 0 atom stereocenters. The fraction of sp³-hybridized carbons (Fsp3) is 0.462. The number of phenols is 1. The van der Waals surface area contributed by atoms with Gasteiger partial charge in [-0.1, -0.05) is 18.9 Å². The number of hydrogen-bond donors (Lipinski definition) is 1. The number of aliphatic imine (C=N–C) groups is 1. The second-order valence-electron chi connectivity index (χ2n) is 4.67. The molecule has 1 aromatic rings. The van der Waals surface area contributed by atoms with Gasteiger partial charge < -0.3 is 5.11 Å². The molecule has 1 aliphatic carbocycles. The Morgan fingerprint density at radius 2 is 1.89 bits per heavy atom. The van der Waals surface area contributed by atoms with Gasteiger partial charge >= 0.3 is 6.18 Å². The predicted octanol–water partition coefficient (Wildman–Crippen LogP) is 3.52.